The molecule has 0 aliphatic heterocycles. The van der Waals surface area contributed by atoms with Gasteiger partial charge in [-0.05, 0) is 41.7 Å². The Balaban J connectivity index is 1.70. The fourth-order valence-corrected chi connectivity index (χ4v) is 6.10. The Morgan fingerprint density at radius 1 is 1.13 bits per heavy atom. The predicted molar refractivity (Wildman–Crippen MR) is 114 cm³/mol. The number of nitrogens with one attached hydrogen (secondary N) is 1. The Kier molecular flexibility index (Phi) is 7.31. The smallest absolute Gasteiger partial charge is 0.351 e. The van der Waals surface area contributed by atoms with Crippen LogP contribution in [0.1, 0.15) is 36.0 Å². The molecule has 3 N–H and O–H groups in total. The molecule has 1 atom stereocenters. The molecule has 0 aromatic heterocycles. The average Bonchev–Trinajstić information content (AvgIpc) is 3.18. The molecule has 8 nitrogen and oxygen atoms in total. The molecule has 0 heterocycles. The second kappa shape index (κ2) is 9.58. The largest absolute Gasteiger partial charge is 0.469 e. The molecular formula is C20H26NO7PS. The van der Waals surface area contributed by atoms with Crippen molar-refractivity contribution in [1.82, 2.24) is 5.32 Å². The molecule has 0 bridgehead atoms. The number of hydrogen-bond donors (Lipinski definition) is 3. The highest BCUT2D eigenvalue weighted by Crippen LogP contribution is 2.36. The van der Waals surface area contributed by atoms with E-state index in [0.29, 0.717) is 5.56 Å². The van der Waals surface area contributed by atoms with Gasteiger partial charge < -0.3 is 15.1 Å². The Hall–Kier alpha value is -1.77. The maximum absolute atomic E-state index is 12.8. The monoisotopic (exact) mass is 455 g/mol. The summed E-state index contributed by atoms with van der Waals surface area (Å²) in [5, 5.41) is 3.19. The quantitative estimate of drug-likeness (QED) is 0.496. The van der Waals surface area contributed by atoms with Crippen LogP contribution in [0.15, 0.2) is 42.5 Å². The molecule has 2 aromatic carbocycles. The van der Waals surface area contributed by atoms with E-state index in [2.05, 4.69) is 9.84 Å². The van der Waals surface area contributed by atoms with Gasteiger partial charge in [0.2, 0.25) is 0 Å². The molecule has 1 amide bonds. The number of fused-ring (bicyclic) bond motifs is 1. The standard InChI is InChI=1S/C20H26NO7PS/c22-20(18-10-9-16-7-3-4-8-17(16)11-18)21-12-19(13-28-29(23,24)25)30(26,27)14-15-5-1-2-6-15/h3-4,7-11,15,19H,1-2,5-6,12-14H2,(H,21,22)(H2,23,24,25). The molecule has 2 aromatic rings. The minimum atomic E-state index is -4.83. The molecule has 3 rings (SSSR count). The summed E-state index contributed by atoms with van der Waals surface area (Å²) in [6.07, 6.45) is 3.58. The first-order valence-electron chi connectivity index (χ1n) is 9.83. The number of hydrogen-bond acceptors (Lipinski definition) is 5. The van der Waals surface area contributed by atoms with E-state index in [1.54, 1.807) is 18.2 Å². The van der Waals surface area contributed by atoms with Gasteiger partial charge in [-0.25, -0.2) is 13.0 Å². The normalized spacial score (nSPS) is 16.6. The van der Waals surface area contributed by atoms with Gasteiger partial charge in [0, 0.05) is 12.1 Å². The fraction of sp³-hybridized carbons (Fsp3) is 0.450. The Morgan fingerprint density at radius 3 is 2.47 bits per heavy atom. The zero-order valence-corrected chi connectivity index (χ0v) is 18.1. The molecule has 1 aliphatic rings. The van der Waals surface area contributed by atoms with Gasteiger partial charge in [-0.1, -0.05) is 43.2 Å². The van der Waals surface area contributed by atoms with Crippen LogP contribution in [0.5, 0.6) is 0 Å². The van der Waals surface area contributed by atoms with E-state index in [-0.39, 0.29) is 18.2 Å². The number of amides is 1. The van der Waals surface area contributed by atoms with Gasteiger partial charge in [-0.3, -0.25) is 9.32 Å². The van der Waals surface area contributed by atoms with Gasteiger partial charge in [0.15, 0.2) is 9.84 Å². The number of rotatable bonds is 9. The predicted octanol–water partition coefficient (Wildman–Crippen LogP) is 2.65. The van der Waals surface area contributed by atoms with Crippen molar-refractivity contribution >= 4 is 34.3 Å². The van der Waals surface area contributed by atoms with Gasteiger partial charge in [-0.2, -0.15) is 0 Å². The SMILES string of the molecule is O=C(NCC(COP(=O)(O)O)S(=O)(=O)CC1CCCC1)c1ccc2ccccc2c1. The van der Waals surface area contributed by atoms with E-state index in [1.807, 2.05) is 24.3 Å². The van der Waals surface area contributed by atoms with E-state index >= 15 is 0 Å². The Bertz CT molecular complexity index is 1040. The number of sulfone groups is 1. The van der Waals surface area contributed by atoms with Crippen molar-refractivity contribution in [3.8, 4) is 0 Å². The minimum absolute atomic E-state index is 0.0312. The number of phosphoric ester groups is 1. The van der Waals surface area contributed by atoms with Crippen LogP contribution in [0.2, 0.25) is 0 Å². The van der Waals surface area contributed by atoms with Gasteiger partial charge in [0.25, 0.3) is 5.91 Å². The third-order valence-corrected chi connectivity index (χ3v) is 8.12. The highest BCUT2D eigenvalue weighted by atomic mass is 32.2. The van der Waals surface area contributed by atoms with Crippen molar-refractivity contribution in [1.29, 1.82) is 0 Å². The van der Waals surface area contributed by atoms with Gasteiger partial charge in [0.05, 0.1) is 12.4 Å². The van der Waals surface area contributed by atoms with Crippen LogP contribution in [-0.2, 0) is 18.9 Å². The lowest BCUT2D eigenvalue weighted by Gasteiger charge is -2.20. The number of carbonyl (C=O) groups is 1. The first kappa shape index (κ1) is 22.9. The van der Waals surface area contributed by atoms with Gasteiger partial charge in [0.1, 0.15) is 5.25 Å². The highest BCUT2D eigenvalue weighted by molar-refractivity contribution is 7.92. The Morgan fingerprint density at radius 2 is 1.80 bits per heavy atom. The zero-order chi connectivity index (χ0) is 21.8. The molecular weight excluding hydrogens is 429 g/mol. The average molecular weight is 455 g/mol. The van der Waals surface area contributed by atoms with Crippen LogP contribution < -0.4 is 5.32 Å². The molecule has 1 aliphatic carbocycles. The van der Waals surface area contributed by atoms with E-state index in [1.165, 1.54) is 0 Å². The summed E-state index contributed by atoms with van der Waals surface area (Å²) in [5.41, 5.74) is 0.372. The van der Waals surface area contributed by atoms with Crippen molar-refractivity contribution in [3.05, 3.63) is 48.0 Å². The highest BCUT2D eigenvalue weighted by Gasteiger charge is 2.32. The fourth-order valence-electron chi connectivity index (χ4n) is 3.75. The van der Waals surface area contributed by atoms with E-state index in [9.17, 15) is 17.8 Å². The lowest BCUT2D eigenvalue weighted by atomic mass is 10.1. The van der Waals surface area contributed by atoms with Crippen molar-refractivity contribution in [2.75, 3.05) is 18.9 Å². The summed E-state index contributed by atoms with van der Waals surface area (Å²) in [5.74, 6) is -0.504. The lowest BCUT2D eigenvalue weighted by Crippen LogP contribution is -2.41. The zero-order valence-electron chi connectivity index (χ0n) is 16.4. The minimum Gasteiger partial charge on any atom is -0.351 e. The lowest BCUT2D eigenvalue weighted by molar-refractivity contribution is 0.0952. The molecule has 1 saturated carbocycles. The van der Waals surface area contributed by atoms with Crippen molar-refractivity contribution in [3.63, 3.8) is 0 Å². The summed E-state index contributed by atoms with van der Waals surface area (Å²) >= 11 is 0. The summed E-state index contributed by atoms with van der Waals surface area (Å²) in [6.45, 7) is -0.974. The second-order valence-corrected chi connectivity index (χ2v) is 11.2. The summed E-state index contributed by atoms with van der Waals surface area (Å²) in [4.78, 5) is 30.5. The maximum atomic E-state index is 12.8. The number of phosphoric acid groups is 1. The molecule has 0 spiro atoms. The third kappa shape index (κ3) is 6.36. The van der Waals surface area contributed by atoms with E-state index in [0.717, 1.165) is 36.5 Å². The second-order valence-electron chi connectivity index (χ2n) is 7.66. The van der Waals surface area contributed by atoms with Crippen molar-refractivity contribution in [2.24, 2.45) is 5.92 Å². The van der Waals surface area contributed by atoms with Crippen LogP contribution in [0.3, 0.4) is 0 Å². The van der Waals surface area contributed by atoms with Crippen LogP contribution in [0.25, 0.3) is 10.8 Å². The third-order valence-electron chi connectivity index (χ3n) is 5.38. The first-order valence-corrected chi connectivity index (χ1v) is 13.1. The van der Waals surface area contributed by atoms with Crippen LogP contribution in [0, 0.1) is 5.92 Å². The molecule has 164 valence electrons. The molecule has 1 fully saturated rings. The molecule has 10 heteroatoms. The summed E-state index contributed by atoms with van der Waals surface area (Å²) in [7, 11) is -8.56. The van der Waals surface area contributed by atoms with Crippen LogP contribution >= 0.6 is 7.82 Å². The van der Waals surface area contributed by atoms with Crippen LogP contribution in [0.4, 0.5) is 0 Å². The molecule has 0 radical (unpaired) electrons. The van der Waals surface area contributed by atoms with Gasteiger partial charge in [-0.15, -0.1) is 0 Å². The Labute approximate surface area is 175 Å². The summed E-state index contributed by atoms with van der Waals surface area (Å²) < 4.78 is 41.2. The van der Waals surface area contributed by atoms with E-state index < -0.39 is 35.4 Å². The number of carbonyl (C=O) groups excluding carboxylic acids is 1. The summed E-state index contributed by atoms with van der Waals surface area (Å²) in [6, 6.07) is 12.7. The van der Waals surface area contributed by atoms with Crippen LogP contribution in [-0.4, -0.2) is 48.3 Å². The molecule has 1 unspecified atom stereocenters. The van der Waals surface area contributed by atoms with Gasteiger partial charge >= 0.3 is 7.82 Å². The molecule has 30 heavy (non-hydrogen) atoms. The molecule has 0 saturated heterocycles. The topological polar surface area (TPSA) is 130 Å². The number of benzene rings is 2. The van der Waals surface area contributed by atoms with Crippen molar-refractivity contribution in [2.45, 2.75) is 30.9 Å². The first-order chi connectivity index (χ1) is 14.1. The maximum Gasteiger partial charge on any atom is 0.469 e. The van der Waals surface area contributed by atoms with Crippen molar-refractivity contribution < 1.29 is 32.1 Å². The van der Waals surface area contributed by atoms with E-state index in [4.69, 9.17) is 9.79 Å².